The number of aromatic carboxylic acids is 1. The van der Waals surface area contributed by atoms with Crippen LogP contribution in [0.15, 0.2) is 81.7 Å². The molecule has 0 saturated heterocycles. The molecule has 0 spiro atoms. The molecule has 0 unspecified atom stereocenters. The number of hydrogen-bond donors (Lipinski definition) is 1. The van der Waals surface area contributed by atoms with Crippen molar-refractivity contribution in [3.63, 3.8) is 0 Å². The first-order valence-electron chi connectivity index (χ1n) is 13.4. The molecular weight excluding hydrogens is 611 g/mol. The number of esters is 1. The van der Waals surface area contributed by atoms with E-state index < -0.39 is 29.4 Å². The average molecular weight is 637 g/mol. The molecular formula is C32H26ClFN2O7S. The third kappa shape index (κ3) is 6.15. The van der Waals surface area contributed by atoms with Crippen molar-refractivity contribution in [2.24, 2.45) is 4.99 Å². The lowest BCUT2D eigenvalue weighted by Gasteiger charge is -2.24. The fourth-order valence-corrected chi connectivity index (χ4v) is 6.14. The smallest absolute Gasteiger partial charge is 0.338 e. The summed E-state index contributed by atoms with van der Waals surface area (Å²) >= 11 is 7.71. The van der Waals surface area contributed by atoms with E-state index in [0.29, 0.717) is 37.5 Å². The molecule has 1 N–H and O–H groups in total. The number of ether oxygens (including phenoxy) is 3. The average Bonchev–Trinajstić information content (AvgIpc) is 3.30. The van der Waals surface area contributed by atoms with Crippen molar-refractivity contribution in [2.75, 3.05) is 13.7 Å². The summed E-state index contributed by atoms with van der Waals surface area (Å²) in [7, 11) is 1.45. The molecule has 2 heterocycles. The molecule has 0 amide bonds. The Labute approximate surface area is 259 Å². The Balaban J connectivity index is 1.55. The third-order valence-electron chi connectivity index (χ3n) is 6.81. The number of hydrogen-bond acceptors (Lipinski definition) is 8. The van der Waals surface area contributed by atoms with Crippen LogP contribution in [0.3, 0.4) is 0 Å². The first kappa shape index (κ1) is 30.7. The van der Waals surface area contributed by atoms with Gasteiger partial charge in [0.15, 0.2) is 16.3 Å². The molecule has 44 heavy (non-hydrogen) atoms. The highest BCUT2D eigenvalue weighted by Gasteiger charge is 2.33. The number of thiazole rings is 1. The molecule has 1 atom stereocenters. The Bertz CT molecular complexity index is 1980. The number of aromatic nitrogens is 1. The summed E-state index contributed by atoms with van der Waals surface area (Å²) in [4.78, 5) is 43.1. The maximum atomic E-state index is 13.8. The predicted molar refractivity (Wildman–Crippen MR) is 163 cm³/mol. The monoisotopic (exact) mass is 636 g/mol. The van der Waals surface area contributed by atoms with Crippen molar-refractivity contribution in [2.45, 2.75) is 26.5 Å². The van der Waals surface area contributed by atoms with E-state index in [1.165, 1.54) is 48.1 Å². The largest absolute Gasteiger partial charge is 0.493 e. The van der Waals surface area contributed by atoms with Crippen LogP contribution in [0.5, 0.6) is 11.5 Å². The highest BCUT2D eigenvalue weighted by molar-refractivity contribution is 7.07. The van der Waals surface area contributed by atoms with E-state index in [4.69, 9.17) is 25.8 Å². The number of fused-ring (bicyclic) bond motifs is 1. The van der Waals surface area contributed by atoms with Crippen molar-refractivity contribution < 1.29 is 33.3 Å². The second-order valence-electron chi connectivity index (χ2n) is 9.68. The van der Waals surface area contributed by atoms with Gasteiger partial charge in [-0.25, -0.2) is 19.0 Å². The fourth-order valence-electron chi connectivity index (χ4n) is 4.82. The molecule has 0 fully saturated rings. The molecule has 0 aliphatic carbocycles. The van der Waals surface area contributed by atoms with E-state index >= 15 is 0 Å². The van der Waals surface area contributed by atoms with Crippen LogP contribution in [-0.2, 0) is 16.1 Å². The van der Waals surface area contributed by atoms with E-state index in [1.54, 1.807) is 44.2 Å². The Morgan fingerprint density at radius 1 is 1.16 bits per heavy atom. The van der Waals surface area contributed by atoms with E-state index in [-0.39, 0.29) is 35.1 Å². The molecule has 0 saturated carbocycles. The molecule has 12 heteroatoms. The van der Waals surface area contributed by atoms with Crippen LogP contribution in [0, 0.1) is 5.82 Å². The van der Waals surface area contributed by atoms with Crippen molar-refractivity contribution >= 4 is 41.0 Å². The van der Waals surface area contributed by atoms with E-state index in [1.807, 2.05) is 0 Å². The molecule has 1 aliphatic heterocycles. The minimum atomic E-state index is -1.05. The van der Waals surface area contributed by atoms with Crippen LogP contribution in [0.25, 0.3) is 6.08 Å². The van der Waals surface area contributed by atoms with Gasteiger partial charge in [-0.3, -0.25) is 9.36 Å². The number of benzene rings is 3. The third-order valence-corrected chi connectivity index (χ3v) is 8.07. The van der Waals surface area contributed by atoms with Gasteiger partial charge in [0, 0.05) is 0 Å². The van der Waals surface area contributed by atoms with Crippen molar-refractivity contribution in [1.82, 2.24) is 4.57 Å². The highest BCUT2D eigenvalue weighted by atomic mass is 35.5. The fraction of sp³-hybridized carbons (Fsp3) is 0.188. The lowest BCUT2D eigenvalue weighted by Crippen LogP contribution is -2.39. The molecule has 5 rings (SSSR count). The topological polar surface area (TPSA) is 116 Å². The summed E-state index contributed by atoms with van der Waals surface area (Å²) in [6.45, 7) is 3.53. The first-order valence-corrected chi connectivity index (χ1v) is 14.6. The minimum Gasteiger partial charge on any atom is -0.493 e. The van der Waals surface area contributed by atoms with Gasteiger partial charge in [0.1, 0.15) is 12.4 Å². The summed E-state index contributed by atoms with van der Waals surface area (Å²) in [5.41, 5.74) is 2.00. The van der Waals surface area contributed by atoms with Gasteiger partial charge in [0.25, 0.3) is 5.56 Å². The van der Waals surface area contributed by atoms with E-state index in [2.05, 4.69) is 4.99 Å². The van der Waals surface area contributed by atoms with Crippen molar-refractivity contribution in [3.05, 3.63) is 125 Å². The van der Waals surface area contributed by atoms with Crippen LogP contribution >= 0.6 is 22.9 Å². The number of carbonyl (C=O) groups is 2. The Morgan fingerprint density at radius 2 is 1.91 bits per heavy atom. The van der Waals surface area contributed by atoms with Gasteiger partial charge in [-0.15, -0.1) is 0 Å². The summed E-state index contributed by atoms with van der Waals surface area (Å²) in [6.07, 6.45) is 1.63. The number of carbonyl (C=O) groups excluding carboxylic acids is 1. The maximum absolute atomic E-state index is 13.8. The summed E-state index contributed by atoms with van der Waals surface area (Å²) in [6, 6.07) is 14.3. The molecule has 0 radical (unpaired) electrons. The zero-order chi connectivity index (χ0) is 31.5. The second kappa shape index (κ2) is 12.9. The van der Waals surface area contributed by atoms with Gasteiger partial charge in [0.2, 0.25) is 0 Å². The van der Waals surface area contributed by atoms with Crippen LogP contribution in [0.1, 0.15) is 46.9 Å². The summed E-state index contributed by atoms with van der Waals surface area (Å²) in [5, 5.41) is 9.46. The van der Waals surface area contributed by atoms with Gasteiger partial charge in [0.05, 0.1) is 46.1 Å². The van der Waals surface area contributed by atoms with Crippen molar-refractivity contribution in [1.29, 1.82) is 0 Å². The molecule has 9 nitrogen and oxygen atoms in total. The normalized spacial score (nSPS) is 14.6. The summed E-state index contributed by atoms with van der Waals surface area (Å²) in [5.74, 6) is -1.56. The van der Waals surface area contributed by atoms with Gasteiger partial charge in [-0.2, -0.15) is 0 Å². The number of nitrogens with zero attached hydrogens (tertiary/aromatic N) is 2. The number of halogens is 2. The predicted octanol–water partition coefficient (Wildman–Crippen LogP) is 4.88. The van der Waals surface area contributed by atoms with E-state index in [0.717, 1.165) is 11.3 Å². The Hall–Kier alpha value is -4.74. The zero-order valence-electron chi connectivity index (χ0n) is 23.8. The highest BCUT2D eigenvalue weighted by Crippen LogP contribution is 2.37. The van der Waals surface area contributed by atoms with Crippen LogP contribution in [0.2, 0.25) is 5.02 Å². The standard InChI is InChI=1S/C32H26ClFN2O7S/c1-4-42-31(40)26-17(2)35-32-36(27(26)20-8-10-22(34)11-9-20)29(37)25(44-32)15-19-13-23(33)28(24(14-19)41-3)43-16-18-6-5-7-21(12-18)30(38)39/h5-15,27H,4,16H2,1-3H3,(H,38,39)/t27-/m0/s1. The van der Waals surface area contributed by atoms with Crippen LogP contribution < -0.4 is 24.4 Å². The number of rotatable bonds is 9. The minimum absolute atomic E-state index is 0.0423. The van der Waals surface area contributed by atoms with E-state index in [9.17, 15) is 23.9 Å². The zero-order valence-corrected chi connectivity index (χ0v) is 25.4. The molecule has 4 aromatic rings. The Kier molecular flexibility index (Phi) is 8.98. The number of carboxylic acid groups (broad SMARTS) is 1. The van der Waals surface area contributed by atoms with Gasteiger partial charge < -0.3 is 19.3 Å². The van der Waals surface area contributed by atoms with Crippen LogP contribution in [0.4, 0.5) is 4.39 Å². The van der Waals surface area contributed by atoms with Gasteiger partial charge in [-0.05, 0) is 73.0 Å². The number of methoxy groups -OCH3 is 1. The SMILES string of the molecule is CCOC(=O)C1=C(C)N=c2sc(=Cc3cc(Cl)c(OCc4cccc(C(=O)O)c4)c(OC)c3)c(=O)n2[C@H]1c1ccc(F)cc1. The lowest BCUT2D eigenvalue weighted by molar-refractivity contribution is -0.139. The first-order chi connectivity index (χ1) is 21.1. The Morgan fingerprint density at radius 3 is 2.59 bits per heavy atom. The molecule has 226 valence electrons. The molecule has 1 aromatic heterocycles. The molecule has 3 aromatic carbocycles. The second-order valence-corrected chi connectivity index (χ2v) is 11.1. The molecule has 1 aliphatic rings. The number of carboxylic acids is 1. The molecule has 0 bridgehead atoms. The lowest BCUT2D eigenvalue weighted by atomic mass is 9.96. The quantitative estimate of drug-likeness (QED) is 0.261. The van der Waals surface area contributed by atoms with Gasteiger partial charge >= 0.3 is 11.9 Å². The van der Waals surface area contributed by atoms with Crippen LogP contribution in [-0.4, -0.2) is 35.3 Å². The number of allylic oxidation sites excluding steroid dienone is 1. The maximum Gasteiger partial charge on any atom is 0.338 e. The summed E-state index contributed by atoms with van der Waals surface area (Å²) < 4.78 is 32.2. The van der Waals surface area contributed by atoms with Crippen molar-refractivity contribution in [3.8, 4) is 11.5 Å². The van der Waals surface area contributed by atoms with Gasteiger partial charge in [-0.1, -0.05) is 47.2 Å².